The Morgan fingerprint density at radius 1 is 1.17 bits per heavy atom. The van der Waals surface area contributed by atoms with Crippen molar-refractivity contribution in [3.8, 4) is 11.5 Å². The first-order chi connectivity index (χ1) is 20.4. The fourth-order valence-corrected chi connectivity index (χ4v) is 6.57. The molecule has 214 valence electrons. The number of carbonyl (C=O) groups is 1. The summed E-state index contributed by atoms with van der Waals surface area (Å²) in [4.78, 5) is 33.0. The van der Waals surface area contributed by atoms with Gasteiger partial charge in [-0.1, -0.05) is 78.1 Å². The molecule has 0 saturated heterocycles. The van der Waals surface area contributed by atoms with Gasteiger partial charge in [0.2, 0.25) is 0 Å². The van der Waals surface area contributed by atoms with E-state index in [2.05, 4.69) is 29.2 Å². The van der Waals surface area contributed by atoms with E-state index in [0.29, 0.717) is 43.7 Å². The summed E-state index contributed by atoms with van der Waals surface area (Å²) in [5.41, 5.74) is 2.66. The van der Waals surface area contributed by atoms with E-state index in [0.717, 1.165) is 14.7 Å². The maximum absolute atomic E-state index is 14.1. The number of fused-ring (bicyclic) bond motifs is 1. The number of ether oxygens (including phenoxy) is 3. The lowest BCUT2D eigenvalue weighted by atomic mass is 9.93. The highest BCUT2D eigenvalue weighted by atomic mass is 127. The Bertz CT molecular complexity index is 1860. The van der Waals surface area contributed by atoms with Gasteiger partial charge in [-0.05, 0) is 71.0 Å². The van der Waals surface area contributed by atoms with Crippen molar-refractivity contribution >= 4 is 63.3 Å². The van der Waals surface area contributed by atoms with Crippen molar-refractivity contribution in [2.45, 2.75) is 13.0 Å². The Balaban J connectivity index is 1.77. The average molecular weight is 713 g/mol. The predicted octanol–water partition coefficient (Wildman–Crippen LogP) is 5.77. The van der Waals surface area contributed by atoms with Gasteiger partial charge >= 0.3 is 5.97 Å². The molecule has 4 aromatic rings. The Morgan fingerprint density at radius 3 is 2.57 bits per heavy atom. The zero-order valence-corrected chi connectivity index (χ0v) is 26.5. The lowest BCUT2D eigenvalue weighted by molar-refractivity contribution is -0.138. The van der Waals surface area contributed by atoms with Gasteiger partial charge in [0.25, 0.3) is 5.56 Å². The Labute approximate surface area is 265 Å². The van der Waals surface area contributed by atoms with Crippen molar-refractivity contribution in [1.82, 2.24) is 4.57 Å². The van der Waals surface area contributed by atoms with E-state index < -0.39 is 12.0 Å². The van der Waals surface area contributed by atoms with Crippen molar-refractivity contribution in [2.24, 2.45) is 4.99 Å². The van der Waals surface area contributed by atoms with E-state index in [1.807, 2.05) is 54.6 Å². The lowest BCUT2D eigenvalue weighted by Gasteiger charge is -2.25. The van der Waals surface area contributed by atoms with Crippen LogP contribution in [0.4, 0.5) is 0 Å². The minimum Gasteiger partial charge on any atom is -0.493 e. The smallest absolute Gasteiger partial charge is 0.338 e. The van der Waals surface area contributed by atoms with Gasteiger partial charge in [-0.3, -0.25) is 9.36 Å². The molecule has 0 radical (unpaired) electrons. The minimum absolute atomic E-state index is 0.176. The van der Waals surface area contributed by atoms with Gasteiger partial charge < -0.3 is 14.2 Å². The van der Waals surface area contributed by atoms with Gasteiger partial charge in [0.15, 0.2) is 16.3 Å². The molecule has 1 aliphatic heterocycles. The summed E-state index contributed by atoms with van der Waals surface area (Å²) in [6, 6.07) is 19.5. The van der Waals surface area contributed by atoms with E-state index in [1.54, 1.807) is 42.9 Å². The summed E-state index contributed by atoms with van der Waals surface area (Å²) < 4.78 is 19.7. The number of aromatic nitrogens is 1. The van der Waals surface area contributed by atoms with Crippen LogP contribution in [0.2, 0.25) is 5.02 Å². The molecule has 0 N–H and O–H groups in total. The van der Waals surface area contributed by atoms with Gasteiger partial charge in [-0.25, -0.2) is 9.79 Å². The molecule has 42 heavy (non-hydrogen) atoms. The largest absolute Gasteiger partial charge is 0.493 e. The first kappa shape index (κ1) is 29.8. The fraction of sp³-hybridized carbons (Fsp3) is 0.156. The van der Waals surface area contributed by atoms with Crippen LogP contribution in [0.5, 0.6) is 11.5 Å². The number of hydrogen-bond donors (Lipinski definition) is 0. The monoisotopic (exact) mass is 712 g/mol. The maximum Gasteiger partial charge on any atom is 0.338 e. The molecule has 2 heterocycles. The SMILES string of the molecule is C=CCOc1c(I)cc(/C=c2\sc3n(c2=O)[C@@H](c2ccc(Cl)cc2)C(C(=O)OCC)=C(c2ccccc2)N=3)cc1OC. The van der Waals surface area contributed by atoms with Crippen molar-refractivity contribution in [1.29, 1.82) is 0 Å². The van der Waals surface area contributed by atoms with Crippen LogP contribution in [0, 0.1) is 3.57 Å². The topological polar surface area (TPSA) is 79.1 Å². The number of hydrogen-bond acceptors (Lipinski definition) is 7. The first-order valence-electron chi connectivity index (χ1n) is 13.0. The third-order valence-electron chi connectivity index (χ3n) is 6.45. The fourth-order valence-electron chi connectivity index (χ4n) is 4.66. The first-order valence-corrected chi connectivity index (χ1v) is 15.3. The van der Waals surface area contributed by atoms with Crippen molar-refractivity contribution in [3.05, 3.63) is 130 Å². The van der Waals surface area contributed by atoms with Crippen LogP contribution in [-0.2, 0) is 9.53 Å². The highest BCUT2D eigenvalue weighted by molar-refractivity contribution is 14.1. The Hall–Kier alpha value is -3.67. The number of carbonyl (C=O) groups excluding carboxylic acids is 1. The summed E-state index contributed by atoms with van der Waals surface area (Å²) in [6.07, 6.45) is 3.45. The molecule has 0 aliphatic carbocycles. The highest BCUT2D eigenvalue weighted by Crippen LogP contribution is 2.36. The van der Waals surface area contributed by atoms with Gasteiger partial charge in [0.1, 0.15) is 6.61 Å². The Kier molecular flexibility index (Phi) is 9.30. The Morgan fingerprint density at radius 2 is 1.90 bits per heavy atom. The second-order valence-electron chi connectivity index (χ2n) is 9.12. The molecule has 0 fully saturated rings. The van der Waals surface area contributed by atoms with Gasteiger partial charge in [-0.15, -0.1) is 0 Å². The van der Waals surface area contributed by atoms with E-state index in [-0.39, 0.29) is 17.7 Å². The molecule has 1 aliphatic rings. The third-order valence-corrected chi connectivity index (χ3v) is 8.49. The minimum atomic E-state index is -0.778. The van der Waals surface area contributed by atoms with Crippen LogP contribution in [0.15, 0.2) is 94.7 Å². The second kappa shape index (κ2) is 13.1. The highest BCUT2D eigenvalue weighted by Gasteiger charge is 2.35. The van der Waals surface area contributed by atoms with Crippen molar-refractivity contribution in [2.75, 3.05) is 20.3 Å². The summed E-state index contributed by atoms with van der Waals surface area (Å²) in [6.45, 7) is 5.96. The van der Waals surface area contributed by atoms with Crippen LogP contribution in [0.25, 0.3) is 11.8 Å². The summed E-state index contributed by atoms with van der Waals surface area (Å²) in [5.74, 6) is 0.604. The maximum atomic E-state index is 14.1. The van der Waals surface area contributed by atoms with Gasteiger partial charge in [-0.2, -0.15) is 0 Å². The molecular weight excluding hydrogens is 687 g/mol. The number of rotatable bonds is 9. The summed E-state index contributed by atoms with van der Waals surface area (Å²) >= 11 is 9.63. The summed E-state index contributed by atoms with van der Waals surface area (Å²) in [5, 5.41) is 0.542. The zero-order chi connectivity index (χ0) is 29.8. The molecule has 7 nitrogen and oxygen atoms in total. The quantitative estimate of drug-likeness (QED) is 0.125. The second-order valence-corrected chi connectivity index (χ2v) is 11.7. The molecule has 0 bridgehead atoms. The molecule has 10 heteroatoms. The van der Waals surface area contributed by atoms with Crippen LogP contribution in [0.1, 0.15) is 29.7 Å². The number of esters is 1. The molecular formula is C32H26ClIN2O5S. The average Bonchev–Trinajstić information content (AvgIpc) is 3.30. The number of thiazole rings is 1. The lowest BCUT2D eigenvalue weighted by Crippen LogP contribution is -2.40. The standard InChI is InChI=1S/C32H26ClIN2O5S/c1-4-15-41-29-23(34)16-19(17-24(29)39-3)18-25-30(37)36-28(21-11-13-22(33)14-12-21)26(31(38)40-5-2)27(35-32(36)42-25)20-9-7-6-8-10-20/h4,6-14,16-18,28H,1,5,15H2,2-3H3/b25-18-/t28-/m0/s1. The van der Waals surface area contributed by atoms with Crippen LogP contribution < -0.4 is 24.4 Å². The molecule has 3 aromatic carbocycles. The molecule has 0 spiro atoms. The number of halogens is 2. The van der Waals surface area contributed by atoms with Gasteiger partial charge in [0, 0.05) is 10.6 Å². The summed E-state index contributed by atoms with van der Waals surface area (Å²) in [7, 11) is 1.57. The van der Waals surface area contributed by atoms with E-state index in [1.165, 1.54) is 11.3 Å². The number of methoxy groups -OCH3 is 1. The predicted molar refractivity (Wildman–Crippen MR) is 174 cm³/mol. The van der Waals surface area contributed by atoms with Crippen LogP contribution >= 0.6 is 45.5 Å². The van der Waals surface area contributed by atoms with Crippen molar-refractivity contribution < 1.29 is 19.0 Å². The van der Waals surface area contributed by atoms with Gasteiger partial charge in [0.05, 0.1) is 39.1 Å². The van der Waals surface area contributed by atoms with Crippen LogP contribution in [-0.4, -0.2) is 30.9 Å². The van der Waals surface area contributed by atoms with Crippen molar-refractivity contribution in [3.63, 3.8) is 0 Å². The molecule has 0 saturated carbocycles. The van der Waals surface area contributed by atoms with E-state index >= 15 is 0 Å². The molecule has 0 amide bonds. The number of nitrogens with zero attached hydrogens (tertiary/aromatic N) is 2. The molecule has 1 aromatic heterocycles. The zero-order valence-electron chi connectivity index (χ0n) is 22.8. The third kappa shape index (κ3) is 5.95. The van der Waals surface area contributed by atoms with E-state index in [4.69, 9.17) is 30.8 Å². The number of benzene rings is 3. The molecule has 5 rings (SSSR count). The molecule has 0 unspecified atom stereocenters. The molecule has 1 atom stereocenters. The van der Waals surface area contributed by atoms with E-state index in [9.17, 15) is 9.59 Å². The normalized spacial score (nSPS) is 14.7. The van der Waals surface area contributed by atoms with Crippen LogP contribution in [0.3, 0.4) is 0 Å².